The summed E-state index contributed by atoms with van der Waals surface area (Å²) >= 11 is 0. The summed E-state index contributed by atoms with van der Waals surface area (Å²) in [5.74, 6) is 1.63. The first-order chi connectivity index (χ1) is 33.1. The van der Waals surface area contributed by atoms with Crippen molar-refractivity contribution in [2.75, 3.05) is 27.3 Å². The van der Waals surface area contributed by atoms with Crippen LogP contribution < -0.4 is 10.6 Å². The van der Waals surface area contributed by atoms with Crippen LogP contribution in [0.4, 0.5) is 9.59 Å². The Hall–Kier alpha value is -7.30. The van der Waals surface area contributed by atoms with Crippen LogP contribution in [0.1, 0.15) is 103 Å². The van der Waals surface area contributed by atoms with Crippen molar-refractivity contribution >= 4 is 24.0 Å². The summed E-state index contributed by atoms with van der Waals surface area (Å²) in [7, 11) is 2.57. The zero-order valence-electron chi connectivity index (χ0n) is 40.9. The van der Waals surface area contributed by atoms with Gasteiger partial charge in [-0.1, -0.05) is 109 Å². The first-order valence-electron chi connectivity index (χ1n) is 23.7. The molecule has 17 heteroatoms. The number of hydrogen-bond donors (Lipinski definition) is 4. The third-order valence-corrected chi connectivity index (χ3v) is 13.2. The van der Waals surface area contributed by atoms with Gasteiger partial charge in [0, 0.05) is 29.9 Å². The molecule has 2 aliphatic heterocycles. The molecule has 0 bridgehead atoms. The van der Waals surface area contributed by atoms with E-state index in [-0.39, 0.29) is 41.1 Å². The maximum atomic E-state index is 13.7. The molecule has 0 saturated carbocycles. The lowest BCUT2D eigenvalue weighted by molar-refractivity contribution is -0.136. The molecule has 2 fully saturated rings. The number of rotatable bonds is 13. The van der Waals surface area contributed by atoms with Gasteiger partial charge in [0.05, 0.1) is 37.7 Å². The summed E-state index contributed by atoms with van der Waals surface area (Å²) in [4.78, 5) is 64.9. The Morgan fingerprint density at radius 2 is 0.986 bits per heavy atom. The van der Waals surface area contributed by atoms with Gasteiger partial charge in [-0.05, 0) is 83.9 Å². The Morgan fingerprint density at radius 1 is 0.594 bits per heavy atom. The fourth-order valence-electron chi connectivity index (χ4n) is 9.35. The second-order valence-corrected chi connectivity index (χ2v) is 19.6. The predicted molar refractivity (Wildman–Crippen MR) is 262 cm³/mol. The van der Waals surface area contributed by atoms with E-state index in [1.165, 1.54) is 19.8 Å². The number of carbonyl (C=O) groups excluding carboxylic acids is 4. The van der Waals surface area contributed by atoms with Gasteiger partial charge in [-0.15, -0.1) is 0 Å². The molecule has 3 aromatic heterocycles. The van der Waals surface area contributed by atoms with Crippen LogP contribution in [0, 0.1) is 11.8 Å². The number of ether oxygens (including phenoxy) is 2. The van der Waals surface area contributed by atoms with Gasteiger partial charge in [-0.3, -0.25) is 19.8 Å². The Kier molecular flexibility index (Phi) is 14.0. The highest BCUT2D eigenvalue weighted by molar-refractivity contribution is 5.87. The molecule has 8 rings (SSSR count). The van der Waals surface area contributed by atoms with E-state index in [1.807, 2.05) is 52.0 Å². The Morgan fingerprint density at radius 3 is 1.35 bits per heavy atom. The number of nitrogens with zero attached hydrogens (tertiary/aromatic N) is 7. The average Bonchev–Trinajstić information content (AvgIpc) is 4.21. The van der Waals surface area contributed by atoms with Gasteiger partial charge in [0.15, 0.2) is 11.6 Å². The fraction of sp³-hybridized carbons (Fsp3) is 0.423. The minimum atomic E-state index is -0.727. The highest BCUT2D eigenvalue weighted by atomic mass is 16.5. The van der Waals surface area contributed by atoms with Gasteiger partial charge in [0.2, 0.25) is 11.8 Å². The number of methoxy groups -OCH3 is 2. The molecule has 17 nitrogen and oxygen atoms in total. The molecule has 362 valence electrons. The molecule has 0 radical (unpaired) electrons. The van der Waals surface area contributed by atoms with Crippen molar-refractivity contribution in [1.29, 1.82) is 0 Å². The maximum Gasteiger partial charge on any atom is 0.407 e. The zero-order valence-corrected chi connectivity index (χ0v) is 40.9. The molecule has 0 aliphatic carbocycles. The molecule has 0 unspecified atom stereocenters. The lowest BCUT2D eigenvalue weighted by Crippen LogP contribution is -2.51. The fourth-order valence-corrected chi connectivity index (χ4v) is 9.35. The first kappa shape index (κ1) is 48.2. The smallest absolute Gasteiger partial charge is 0.407 e. The van der Waals surface area contributed by atoms with Crippen molar-refractivity contribution in [2.24, 2.45) is 11.8 Å². The molecule has 4 atom stereocenters. The number of benzene rings is 3. The normalized spacial score (nSPS) is 17.0. The van der Waals surface area contributed by atoms with Crippen LogP contribution in [-0.2, 0) is 24.5 Å². The monoisotopic (exact) mass is 937 g/mol. The van der Waals surface area contributed by atoms with Gasteiger partial charge in [0.25, 0.3) is 0 Å². The van der Waals surface area contributed by atoms with E-state index >= 15 is 0 Å². The number of aromatic amines is 2. The number of carbonyl (C=O) groups is 4. The summed E-state index contributed by atoms with van der Waals surface area (Å²) in [6, 6.07) is 27.3. The highest BCUT2D eigenvalue weighted by Crippen LogP contribution is 2.37. The van der Waals surface area contributed by atoms with Crippen molar-refractivity contribution < 1.29 is 28.7 Å². The minimum absolute atomic E-state index is 0.0134. The minimum Gasteiger partial charge on any atom is -0.453 e. The standard InChI is InChI=1S/C52H63N11O6/c1-30(2)42(53-50(66)68-8)48(64)61-28-10-12-40(61)46-55-44(57-59-46)34-18-14-32(15-19-34)38-26-27-39(63(38)37-24-22-36(23-25-37)52(5,6)7)33-16-20-35(21-17-33)45-56-47(60-58-45)41-13-11-29-62(41)49(65)43(31(3)4)54-51(67)69-9/h14-27,30-31,40-43H,10-13,28-29H2,1-9H3,(H,53,66)(H,54,67)(H,55,57,59)(H,56,58,60)/t40-,41-,42-,43-/m0/s1. The molecule has 2 aliphatic rings. The lowest BCUT2D eigenvalue weighted by Gasteiger charge is -2.29. The van der Waals surface area contributed by atoms with E-state index in [1.54, 1.807) is 9.80 Å². The molecule has 69 heavy (non-hydrogen) atoms. The van der Waals surface area contributed by atoms with Crippen LogP contribution in [0.3, 0.4) is 0 Å². The quantitative estimate of drug-likeness (QED) is 0.0866. The molecule has 0 spiro atoms. The number of aromatic nitrogens is 7. The number of amides is 4. The number of nitrogens with one attached hydrogen (secondary N) is 4. The van der Waals surface area contributed by atoms with E-state index in [4.69, 9.17) is 19.4 Å². The van der Waals surface area contributed by atoms with Crippen molar-refractivity contribution in [3.8, 4) is 51.0 Å². The second kappa shape index (κ2) is 20.1. The zero-order chi connectivity index (χ0) is 49.1. The molecule has 2 saturated heterocycles. The number of H-pyrrole nitrogens is 2. The summed E-state index contributed by atoms with van der Waals surface area (Å²) in [5, 5.41) is 20.8. The summed E-state index contributed by atoms with van der Waals surface area (Å²) < 4.78 is 11.9. The molecule has 5 heterocycles. The summed E-state index contributed by atoms with van der Waals surface area (Å²) in [5.41, 5.74) is 7.87. The van der Waals surface area contributed by atoms with Crippen LogP contribution in [0.25, 0.3) is 51.0 Å². The summed E-state index contributed by atoms with van der Waals surface area (Å²) in [6.07, 6.45) is 1.78. The lowest BCUT2D eigenvalue weighted by atomic mass is 9.87. The second-order valence-electron chi connectivity index (χ2n) is 19.6. The summed E-state index contributed by atoms with van der Waals surface area (Å²) in [6.45, 7) is 15.3. The van der Waals surface area contributed by atoms with Crippen LogP contribution in [0.15, 0.2) is 84.9 Å². The van der Waals surface area contributed by atoms with Gasteiger partial charge in [-0.25, -0.2) is 19.6 Å². The molecular formula is C52H63N11O6. The SMILES string of the molecule is COC(=O)N[C@H](C(=O)N1CCC[C@H]1c1nc(-c2ccc(-c3ccc(-c4ccc(-c5n[nH]c([C@@H]6CCCN6C(=O)[C@@H](NC(=O)OC)C(C)C)n5)cc4)n3-c3ccc(C(C)(C)C)cc3)cc2)n[nH]1)C(C)C. The highest BCUT2D eigenvalue weighted by Gasteiger charge is 2.39. The van der Waals surface area contributed by atoms with E-state index < -0.39 is 24.3 Å². The molecule has 3 aromatic carbocycles. The number of likely N-dealkylation sites (tertiary alicyclic amines) is 2. The van der Waals surface area contributed by atoms with Gasteiger partial charge < -0.3 is 34.5 Å². The largest absolute Gasteiger partial charge is 0.453 e. The Bertz CT molecular complexity index is 2610. The molecular weight excluding hydrogens is 875 g/mol. The van der Waals surface area contributed by atoms with E-state index in [9.17, 15) is 19.2 Å². The van der Waals surface area contributed by atoms with Crippen molar-refractivity contribution in [1.82, 2.24) is 55.4 Å². The van der Waals surface area contributed by atoms with Crippen molar-refractivity contribution in [3.05, 3.63) is 102 Å². The molecule has 4 N–H and O–H groups in total. The van der Waals surface area contributed by atoms with Crippen LogP contribution in [0.5, 0.6) is 0 Å². The first-order valence-corrected chi connectivity index (χ1v) is 23.7. The van der Waals surface area contributed by atoms with Gasteiger partial charge >= 0.3 is 12.2 Å². The number of alkyl carbamates (subject to hydrolysis) is 2. The Labute approximate surface area is 402 Å². The Balaban J connectivity index is 1.04. The van der Waals surface area contributed by atoms with Crippen molar-refractivity contribution in [2.45, 2.75) is 104 Å². The molecule has 6 aromatic rings. The topological polar surface area (TPSA) is 205 Å². The third kappa shape index (κ3) is 10.1. The van der Waals surface area contributed by atoms with Gasteiger partial charge in [-0.2, -0.15) is 10.2 Å². The average molecular weight is 938 g/mol. The van der Waals surface area contributed by atoms with Crippen molar-refractivity contribution in [3.63, 3.8) is 0 Å². The molecule has 4 amide bonds. The van der Waals surface area contributed by atoms with E-state index in [2.05, 4.69) is 117 Å². The maximum absolute atomic E-state index is 13.7. The van der Waals surface area contributed by atoms with E-state index in [0.717, 1.165) is 65.0 Å². The van der Waals surface area contributed by atoms with Crippen LogP contribution in [-0.4, -0.2) is 108 Å². The number of hydrogen-bond acceptors (Lipinski definition) is 10. The van der Waals surface area contributed by atoms with Gasteiger partial charge in [0.1, 0.15) is 23.7 Å². The van der Waals surface area contributed by atoms with Crippen LogP contribution in [0.2, 0.25) is 0 Å². The van der Waals surface area contributed by atoms with E-state index in [0.29, 0.717) is 36.4 Å². The van der Waals surface area contributed by atoms with Crippen LogP contribution >= 0.6 is 0 Å². The third-order valence-electron chi connectivity index (χ3n) is 13.2. The predicted octanol–water partition coefficient (Wildman–Crippen LogP) is 8.77.